The molecule has 112 valence electrons. The summed E-state index contributed by atoms with van der Waals surface area (Å²) < 4.78 is 29.9. The van der Waals surface area contributed by atoms with E-state index >= 15 is 0 Å². The van der Waals surface area contributed by atoms with Crippen LogP contribution in [0.3, 0.4) is 0 Å². The number of nitrogens with one attached hydrogen (secondary N) is 2. The first kappa shape index (κ1) is 14.7. The first-order valence-corrected chi connectivity index (χ1v) is 7.44. The van der Waals surface area contributed by atoms with Gasteiger partial charge in [0.05, 0.1) is 7.11 Å². The summed E-state index contributed by atoms with van der Waals surface area (Å²) in [6, 6.07) is -0.643. The number of esters is 1. The number of hydrogen-bond donors (Lipinski definition) is 2. The van der Waals surface area contributed by atoms with Crippen molar-refractivity contribution in [2.24, 2.45) is 0 Å². The maximum Gasteiger partial charge on any atom is 0.325 e. The maximum absolute atomic E-state index is 12.2. The van der Waals surface area contributed by atoms with E-state index < -0.39 is 38.7 Å². The van der Waals surface area contributed by atoms with Crippen LogP contribution in [0.1, 0.15) is 13.3 Å². The zero-order chi connectivity index (χ0) is 15.1. The maximum atomic E-state index is 12.2. The molecule has 2 fully saturated rings. The van der Waals surface area contributed by atoms with Crippen LogP contribution in [-0.4, -0.2) is 61.6 Å². The number of urea groups is 1. The van der Waals surface area contributed by atoms with E-state index in [2.05, 4.69) is 15.4 Å². The quantitative estimate of drug-likeness (QED) is 0.467. The summed E-state index contributed by atoms with van der Waals surface area (Å²) in [5.41, 5.74) is -1.24. The van der Waals surface area contributed by atoms with Gasteiger partial charge in [0.25, 0.3) is 5.91 Å². The van der Waals surface area contributed by atoms with Gasteiger partial charge >= 0.3 is 12.0 Å². The van der Waals surface area contributed by atoms with Crippen molar-refractivity contribution in [1.82, 2.24) is 14.9 Å². The molecule has 2 atom stereocenters. The Labute approximate surface area is 115 Å². The van der Waals surface area contributed by atoms with E-state index in [4.69, 9.17) is 0 Å². The number of methoxy groups -OCH3 is 1. The minimum atomic E-state index is -3.93. The van der Waals surface area contributed by atoms with Crippen LogP contribution in [0.15, 0.2) is 0 Å². The van der Waals surface area contributed by atoms with E-state index in [0.717, 1.165) is 11.4 Å². The Morgan fingerprint density at radius 2 is 2.10 bits per heavy atom. The summed E-state index contributed by atoms with van der Waals surface area (Å²) in [5.74, 6) is -1.42. The fraction of sp³-hybridized carbons (Fsp3) is 0.700. The zero-order valence-electron chi connectivity index (χ0n) is 11.0. The Hall–Kier alpha value is -1.68. The summed E-state index contributed by atoms with van der Waals surface area (Å²) in [5, 5.41) is 3.17. The smallest absolute Gasteiger partial charge is 0.325 e. The minimum absolute atomic E-state index is 0.0529. The molecule has 0 radical (unpaired) electrons. The Balaban J connectivity index is 2.19. The lowest BCUT2D eigenvalue weighted by Crippen LogP contribution is -2.50. The Morgan fingerprint density at radius 3 is 2.60 bits per heavy atom. The monoisotopic (exact) mass is 305 g/mol. The van der Waals surface area contributed by atoms with Crippen LogP contribution < -0.4 is 10.6 Å². The topological polar surface area (TPSA) is 122 Å². The molecule has 0 aromatic rings. The molecule has 3 amide bonds. The summed E-state index contributed by atoms with van der Waals surface area (Å²) in [6.07, 6.45) is 0.164. The highest BCUT2D eigenvalue weighted by Gasteiger charge is 2.54. The molecular formula is C10H15N3O6S. The lowest BCUT2D eigenvalue weighted by molar-refractivity contribution is -0.139. The summed E-state index contributed by atoms with van der Waals surface area (Å²) in [7, 11) is -2.83. The zero-order valence-corrected chi connectivity index (χ0v) is 11.8. The number of carbonyl (C=O) groups is 3. The molecule has 2 N–H and O–H groups in total. The van der Waals surface area contributed by atoms with Crippen LogP contribution in [0.25, 0.3) is 0 Å². The van der Waals surface area contributed by atoms with Crippen LogP contribution in [0.4, 0.5) is 4.79 Å². The van der Waals surface area contributed by atoms with Crippen molar-refractivity contribution in [3.05, 3.63) is 0 Å². The molecule has 2 saturated heterocycles. The van der Waals surface area contributed by atoms with Crippen LogP contribution in [0.5, 0.6) is 0 Å². The predicted molar refractivity (Wildman–Crippen MR) is 66.0 cm³/mol. The molecule has 2 rings (SSSR count). The SMILES string of the molecule is COC(=O)C(C)S(=O)(=O)N1CCC2(C1)NC(=O)NC2=O. The highest BCUT2D eigenvalue weighted by atomic mass is 32.2. The van der Waals surface area contributed by atoms with Gasteiger partial charge in [0.2, 0.25) is 10.0 Å². The number of amides is 3. The molecule has 0 saturated carbocycles. The van der Waals surface area contributed by atoms with Gasteiger partial charge in [-0.3, -0.25) is 14.9 Å². The highest BCUT2D eigenvalue weighted by Crippen LogP contribution is 2.28. The van der Waals surface area contributed by atoms with Gasteiger partial charge in [-0.15, -0.1) is 0 Å². The summed E-state index contributed by atoms with van der Waals surface area (Å²) >= 11 is 0. The van der Waals surface area contributed by atoms with Crippen LogP contribution in [-0.2, 0) is 24.3 Å². The molecule has 0 aromatic carbocycles. The van der Waals surface area contributed by atoms with Gasteiger partial charge in [-0.05, 0) is 13.3 Å². The van der Waals surface area contributed by atoms with Gasteiger partial charge in [-0.25, -0.2) is 13.2 Å². The Bertz CT molecular complexity index is 574. The van der Waals surface area contributed by atoms with Gasteiger partial charge in [-0.1, -0.05) is 0 Å². The molecule has 2 aliphatic heterocycles. The summed E-state index contributed by atoms with van der Waals surface area (Å²) in [6.45, 7) is 1.09. The number of nitrogens with zero attached hydrogens (tertiary/aromatic N) is 1. The number of ether oxygens (including phenoxy) is 1. The van der Waals surface area contributed by atoms with Gasteiger partial charge in [0.15, 0.2) is 5.25 Å². The third-order valence-electron chi connectivity index (χ3n) is 3.59. The van der Waals surface area contributed by atoms with Crippen molar-refractivity contribution in [2.75, 3.05) is 20.2 Å². The van der Waals surface area contributed by atoms with E-state index in [1.165, 1.54) is 6.92 Å². The van der Waals surface area contributed by atoms with Gasteiger partial charge < -0.3 is 10.1 Å². The molecule has 1 spiro atoms. The molecule has 2 unspecified atom stereocenters. The molecule has 0 aromatic heterocycles. The van der Waals surface area contributed by atoms with Crippen molar-refractivity contribution in [3.8, 4) is 0 Å². The second-order valence-electron chi connectivity index (χ2n) is 4.78. The van der Waals surface area contributed by atoms with Gasteiger partial charge in [0, 0.05) is 13.1 Å². The Kier molecular flexibility index (Phi) is 3.46. The van der Waals surface area contributed by atoms with Crippen LogP contribution >= 0.6 is 0 Å². The number of carbonyl (C=O) groups excluding carboxylic acids is 3. The van der Waals surface area contributed by atoms with Crippen molar-refractivity contribution in [1.29, 1.82) is 0 Å². The molecule has 20 heavy (non-hydrogen) atoms. The second kappa shape index (κ2) is 4.70. The third kappa shape index (κ3) is 2.14. The van der Waals surface area contributed by atoms with Crippen molar-refractivity contribution >= 4 is 27.9 Å². The van der Waals surface area contributed by atoms with Crippen LogP contribution in [0.2, 0.25) is 0 Å². The van der Waals surface area contributed by atoms with Crippen LogP contribution in [0, 0.1) is 0 Å². The fourth-order valence-corrected chi connectivity index (χ4v) is 3.85. The summed E-state index contributed by atoms with van der Waals surface area (Å²) in [4.78, 5) is 34.3. The number of hydrogen-bond acceptors (Lipinski definition) is 6. The molecule has 0 bridgehead atoms. The number of imide groups is 1. The highest BCUT2D eigenvalue weighted by molar-refractivity contribution is 7.90. The largest absolute Gasteiger partial charge is 0.468 e. The van der Waals surface area contributed by atoms with Crippen molar-refractivity contribution in [2.45, 2.75) is 24.1 Å². The standard InChI is InChI=1S/C10H15N3O6S/c1-6(7(14)19-2)20(17,18)13-4-3-10(5-13)8(15)11-9(16)12-10/h6H,3-5H2,1-2H3,(H2,11,12,15,16). The predicted octanol–water partition coefficient (Wildman–Crippen LogP) is -1.84. The van der Waals surface area contributed by atoms with E-state index in [1.54, 1.807) is 0 Å². The van der Waals surface area contributed by atoms with Gasteiger partial charge in [0.1, 0.15) is 5.54 Å². The third-order valence-corrected chi connectivity index (χ3v) is 5.71. The van der Waals surface area contributed by atoms with Gasteiger partial charge in [-0.2, -0.15) is 4.31 Å². The molecule has 10 heteroatoms. The fourth-order valence-electron chi connectivity index (χ4n) is 2.32. The van der Waals surface area contributed by atoms with E-state index in [-0.39, 0.29) is 19.5 Å². The molecule has 2 aliphatic rings. The van der Waals surface area contributed by atoms with Crippen molar-refractivity contribution in [3.63, 3.8) is 0 Å². The molecular weight excluding hydrogens is 290 g/mol. The number of rotatable bonds is 3. The first-order valence-electron chi connectivity index (χ1n) is 5.93. The minimum Gasteiger partial charge on any atom is -0.468 e. The average molecular weight is 305 g/mol. The average Bonchev–Trinajstić information content (AvgIpc) is 2.93. The Morgan fingerprint density at radius 1 is 1.45 bits per heavy atom. The normalized spacial score (nSPS) is 28.3. The molecule has 0 aliphatic carbocycles. The lowest BCUT2D eigenvalue weighted by Gasteiger charge is -2.22. The van der Waals surface area contributed by atoms with E-state index in [0.29, 0.717) is 0 Å². The van der Waals surface area contributed by atoms with E-state index in [9.17, 15) is 22.8 Å². The second-order valence-corrected chi connectivity index (χ2v) is 7.04. The lowest BCUT2D eigenvalue weighted by atomic mass is 10.00. The van der Waals surface area contributed by atoms with Crippen molar-refractivity contribution < 1.29 is 27.5 Å². The van der Waals surface area contributed by atoms with E-state index in [1.807, 2.05) is 0 Å². The first-order chi connectivity index (χ1) is 9.23. The molecule has 9 nitrogen and oxygen atoms in total. The molecule has 2 heterocycles. The number of sulfonamides is 1.